The first-order chi connectivity index (χ1) is 27.0. The summed E-state index contributed by atoms with van der Waals surface area (Å²) in [4.78, 5) is 0. The van der Waals surface area contributed by atoms with Crippen LogP contribution in [0, 0.1) is 52.5 Å². The molecule has 0 fully saturated rings. The number of hydrogen-bond donors (Lipinski definition) is 0. The summed E-state index contributed by atoms with van der Waals surface area (Å²) in [6.07, 6.45) is 5.98. The van der Waals surface area contributed by atoms with E-state index in [1.165, 1.54) is 24.3 Å². The van der Waals surface area contributed by atoms with Gasteiger partial charge in [-0.3, -0.25) is 0 Å². The van der Waals surface area contributed by atoms with Crippen molar-refractivity contribution in [2.45, 2.75) is 45.4 Å². The Morgan fingerprint density at radius 2 is 0.696 bits per heavy atom. The van der Waals surface area contributed by atoms with Crippen molar-refractivity contribution in [3.8, 4) is 56.0 Å². The summed E-state index contributed by atoms with van der Waals surface area (Å²) in [6, 6.07) is 26.1. The molecule has 0 aliphatic carbocycles. The van der Waals surface area contributed by atoms with E-state index in [1.807, 2.05) is 0 Å². The van der Waals surface area contributed by atoms with E-state index in [0.29, 0.717) is 41.8 Å². The van der Waals surface area contributed by atoms with E-state index in [9.17, 15) is 35.1 Å². The van der Waals surface area contributed by atoms with Crippen molar-refractivity contribution in [2.24, 2.45) is 5.92 Å². The van der Waals surface area contributed by atoms with E-state index in [1.54, 1.807) is 60.7 Å². The van der Waals surface area contributed by atoms with Crippen molar-refractivity contribution in [3.05, 3.63) is 156 Å². The molecule has 56 heavy (non-hydrogen) atoms. The van der Waals surface area contributed by atoms with Crippen LogP contribution in [0.15, 0.2) is 109 Å². The zero-order valence-corrected chi connectivity index (χ0v) is 30.5. The van der Waals surface area contributed by atoms with Crippen LogP contribution in [0.25, 0.3) is 44.5 Å². The van der Waals surface area contributed by atoms with E-state index >= 15 is 0 Å². The summed E-state index contributed by atoms with van der Waals surface area (Å²) in [6.45, 7) is 3.35. The molecule has 6 aromatic carbocycles. The zero-order valence-electron chi connectivity index (χ0n) is 30.5. The maximum atomic E-state index is 14.9. The van der Waals surface area contributed by atoms with Crippen LogP contribution in [0.2, 0.25) is 0 Å². The molecule has 0 unspecified atom stereocenters. The maximum Gasteiger partial charge on any atom is 0.194 e. The van der Waals surface area contributed by atoms with Crippen LogP contribution < -0.4 is 9.47 Å². The normalized spacial score (nSPS) is 11.3. The predicted octanol–water partition coefficient (Wildman–Crippen LogP) is 13.9. The van der Waals surface area contributed by atoms with Crippen LogP contribution in [-0.4, -0.2) is 13.2 Å². The van der Waals surface area contributed by atoms with Crippen LogP contribution in [0.3, 0.4) is 0 Å². The third-order valence-corrected chi connectivity index (χ3v) is 9.62. The number of unbranched alkanes of at least 4 members (excludes halogenated alkanes) is 2. The van der Waals surface area contributed by atoms with E-state index in [4.69, 9.17) is 9.47 Å². The Bertz CT molecular complexity index is 2070. The van der Waals surface area contributed by atoms with Gasteiger partial charge in [-0.1, -0.05) is 68.3 Å². The van der Waals surface area contributed by atoms with Gasteiger partial charge < -0.3 is 9.47 Å². The molecule has 0 spiro atoms. The highest BCUT2D eigenvalue weighted by Crippen LogP contribution is 2.32. The molecule has 0 saturated carbocycles. The lowest BCUT2D eigenvalue weighted by Crippen LogP contribution is -2.02. The third-order valence-electron chi connectivity index (χ3n) is 9.62. The highest BCUT2D eigenvalue weighted by atomic mass is 19.2. The number of rotatable bonds is 16. The molecular formula is C46H38F8O2. The van der Waals surface area contributed by atoms with Gasteiger partial charge in [-0.2, -0.15) is 0 Å². The molecule has 6 aromatic rings. The Balaban J connectivity index is 0.857. The molecule has 0 heterocycles. The van der Waals surface area contributed by atoms with Crippen LogP contribution in [0.1, 0.15) is 45.4 Å². The predicted molar refractivity (Wildman–Crippen MR) is 202 cm³/mol. The molecule has 0 aliphatic heterocycles. The first kappa shape index (κ1) is 40.0. The van der Waals surface area contributed by atoms with Crippen LogP contribution in [0.4, 0.5) is 35.1 Å². The molecule has 6 rings (SSSR count). The largest absolute Gasteiger partial charge is 0.494 e. The molecule has 10 heteroatoms. The van der Waals surface area contributed by atoms with Gasteiger partial charge in [0.25, 0.3) is 0 Å². The van der Waals surface area contributed by atoms with Gasteiger partial charge in [-0.05, 0) is 126 Å². The Morgan fingerprint density at radius 1 is 0.375 bits per heavy atom. The Hall–Kier alpha value is -5.64. The average molecular weight is 775 g/mol. The minimum Gasteiger partial charge on any atom is -0.494 e. The number of ether oxygens (including phenoxy) is 2. The van der Waals surface area contributed by atoms with Gasteiger partial charge >= 0.3 is 0 Å². The molecule has 0 bridgehead atoms. The quantitative estimate of drug-likeness (QED) is 0.0554. The van der Waals surface area contributed by atoms with Gasteiger partial charge in [-0.25, -0.2) is 35.1 Å². The van der Waals surface area contributed by atoms with E-state index < -0.39 is 46.5 Å². The van der Waals surface area contributed by atoms with E-state index in [0.717, 1.165) is 73.9 Å². The van der Waals surface area contributed by atoms with Gasteiger partial charge in [0.2, 0.25) is 0 Å². The summed E-state index contributed by atoms with van der Waals surface area (Å²) in [5.74, 6) is -8.17. The van der Waals surface area contributed by atoms with Crippen LogP contribution >= 0.6 is 0 Å². The van der Waals surface area contributed by atoms with Gasteiger partial charge in [0.15, 0.2) is 34.9 Å². The smallest absolute Gasteiger partial charge is 0.194 e. The summed E-state index contributed by atoms with van der Waals surface area (Å²) in [5, 5.41) is 0. The third kappa shape index (κ3) is 9.96. The summed E-state index contributed by atoms with van der Waals surface area (Å²) in [5.41, 5.74) is 2.36. The maximum absolute atomic E-state index is 14.9. The minimum absolute atomic E-state index is 0.0364. The van der Waals surface area contributed by atoms with Crippen LogP contribution in [-0.2, 0) is 0 Å². The molecular weight excluding hydrogens is 736 g/mol. The molecule has 0 aliphatic rings. The van der Waals surface area contributed by atoms with Crippen LogP contribution in [0.5, 0.6) is 11.5 Å². The minimum atomic E-state index is -1.60. The second kappa shape index (κ2) is 18.3. The van der Waals surface area contributed by atoms with Crippen molar-refractivity contribution in [2.75, 3.05) is 13.2 Å². The van der Waals surface area contributed by atoms with Crippen molar-refractivity contribution in [1.82, 2.24) is 0 Å². The van der Waals surface area contributed by atoms with Gasteiger partial charge in [0.05, 0.1) is 13.2 Å². The zero-order chi connectivity index (χ0) is 39.8. The first-order valence-electron chi connectivity index (χ1n) is 18.3. The topological polar surface area (TPSA) is 18.5 Å². The van der Waals surface area contributed by atoms with E-state index in [2.05, 4.69) is 6.92 Å². The number of halogens is 8. The molecule has 2 nitrogen and oxygen atoms in total. The molecule has 0 saturated heterocycles. The summed E-state index contributed by atoms with van der Waals surface area (Å²) >= 11 is 0. The summed E-state index contributed by atoms with van der Waals surface area (Å²) in [7, 11) is 0. The number of hydrogen-bond acceptors (Lipinski definition) is 2. The highest BCUT2D eigenvalue weighted by molar-refractivity contribution is 5.73. The fraction of sp³-hybridized carbons (Fsp3) is 0.217. The van der Waals surface area contributed by atoms with Gasteiger partial charge in [-0.15, -0.1) is 0 Å². The lowest BCUT2D eigenvalue weighted by Gasteiger charge is -2.12. The Labute approximate surface area is 320 Å². The second-order valence-electron chi connectivity index (χ2n) is 13.7. The first-order valence-corrected chi connectivity index (χ1v) is 18.3. The van der Waals surface area contributed by atoms with Crippen molar-refractivity contribution < 1.29 is 44.6 Å². The Kier molecular flexibility index (Phi) is 13.1. The van der Waals surface area contributed by atoms with Crippen molar-refractivity contribution >= 4 is 0 Å². The fourth-order valence-electron chi connectivity index (χ4n) is 6.48. The average Bonchev–Trinajstić information content (AvgIpc) is 3.19. The van der Waals surface area contributed by atoms with Gasteiger partial charge in [0, 0.05) is 11.1 Å². The van der Waals surface area contributed by atoms with Crippen molar-refractivity contribution in [3.63, 3.8) is 0 Å². The molecule has 0 amide bonds. The molecule has 0 radical (unpaired) electrons. The SMILES string of the molecule is CC(CCCCOc1ccc(-c2ccc(-c3cc(F)c(F)c(F)c3)c(F)c2)cc1)CCCCOc1ccc(-c2ccc(-c3cc(F)c(F)c(F)c3)c(F)c2)cc1. The molecule has 0 N–H and O–H groups in total. The monoisotopic (exact) mass is 774 g/mol. The van der Waals surface area contributed by atoms with E-state index in [-0.39, 0.29) is 22.3 Å². The van der Waals surface area contributed by atoms with Crippen molar-refractivity contribution in [1.29, 1.82) is 0 Å². The Morgan fingerprint density at radius 3 is 1.04 bits per heavy atom. The summed E-state index contributed by atoms with van der Waals surface area (Å²) < 4.78 is 123. The lowest BCUT2D eigenvalue weighted by molar-refractivity contribution is 0.290. The number of benzene rings is 6. The molecule has 0 aromatic heterocycles. The molecule has 290 valence electrons. The lowest BCUT2D eigenvalue weighted by atomic mass is 9.98. The standard InChI is InChI=1S/C46H38F8O2/c1-28(6-2-4-20-55-35-14-8-29(9-15-35)31-12-18-37(39(47)22-31)33-24-41(49)45(53)42(50)25-33)7-3-5-21-56-36-16-10-30(11-17-36)32-13-19-38(40(48)23-32)34-26-43(51)46(54)44(52)27-34/h8-19,22-28H,2-7,20-21H2,1H3. The fourth-order valence-corrected chi connectivity index (χ4v) is 6.48. The van der Waals surface area contributed by atoms with Gasteiger partial charge in [0.1, 0.15) is 23.1 Å². The molecule has 0 atom stereocenters. The second-order valence-corrected chi connectivity index (χ2v) is 13.7. The highest BCUT2D eigenvalue weighted by Gasteiger charge is 2.16.